The number of hydrogen-bond donors (Lipinski definition) is 1. The first-order valence-electron chi connectivity index (χ1n) is 9.55. The van der Waals surface area contributed by atoms with Gasteiger partial charge < -0.3 is 10.1 Å². The molecule has 4 nitrogen and oxygen atoms in total. The molecule has 1 aromatic rings. The van der Waals surface area contributed by atoms with E-state index in [0.717, 1.165) is 57.2 Å². The number of ether oxygens (including phenoxy) is 1. The maximum absolute atomic E-state index is 13.9. The molecule has 1 N–H and O–H groups in total. The molecule has 2 heterocycles. The molecule has 1 amide bonds. The molecule has 0 aromatic heterocycles. The fourth-order valence-corrected chi connectivity index (χ4v) is 4.20. The summed E-state index contributed by atoms with van der Waals surface area (Å²) < 4.78 is 20.3. The SMILES string of the molecule is O=C(NC[C@@H]1CCC[C@]2(CCN(Cc3ccccc3F)C2)O1)C1CC1. The number of nitrogens with one attached hydrogen (secondary N) is 1. The molecule has 0 unspecified atom stereocenters. The molecule has 25 heavy (non-hydrogen) atoms. The van der Waals surface area contributed by atoms with E-state index in [2.05, 4.69) is 10.2 Å². The predicted molar refractivity (Wildman–Crippen MR) is 93.5 cm³/mol. The Morgan fingerprint density at radius 3 is 2.92 bits per heavy atom. The number of hydrogen-bond acceptors (Lipinski definition) is 3. The van der Waals surface area contributed by atoms with E-state index in [9.17, 15) is 9.18 Å². The monoisotopic (exact) mass is 346 g/mol. The highest BCUT2D eigenvalue weighted by atomic mass is 19.1. The van der Waals surface area contributed by atoms with Crippen LogP contribution in [0.2, 0.25) is 0 Å². The smallest absolute Gasteiger partial charge is 0.223 e. The first-order chi connectivity index (χ1) is 12.1. The summed E-state index contributed by atoms with van der Waals surface area (Å²) in [6.45, 7) is 3.06. The van der Waals surface area contributed by atoms with E-state index in [1.54, 1.807) is 6.07 Å². The van der Waals surface area contributed by atoms with Crippen molar-refractivity contribution in [2.45, 2.75) is 56.8 Å². The Hall–Kier alpha value is -1.46. The summed E-state index contributed by atoms with van der Waals surface area (Å²) in [4.78, 5) is 14.1. The summed E-state index contributed by atoms with van der Waals surface area (Å²) in [5.41, 5.74) is 0.641. The van der Waals surface area contributed by atoms with Crippen LogP contribution in [0, 0.1) is 11.7 Å². The Morgan fingerprint density at radius 2 is 2.12 bits per heavy atom. The van der Waals surface area contributed by atoms with Gasteiger partial charge in [-0.2, -0.15) is 0 Å². The van der Waals surface area contributed by atoms with Gasteiger partial charge in [-0.15, -0.1) is 0 Å². The van der Waals surface area contributed by atoms with Crippen molar-refractivity contribution in [2.24, 2.45) is 5.92 Å². The normalized spacial score (nSPS) is 29.9. The van der Waals surface area contributed by atoms with E-state index < -0.39 is 0 Å². The van der Waals surface area contributed by atoms with Crippen LogP contribution < -0.4 is 5.32 Å². The Morgan fingerprint density at radius 1 is 1.28 bits per heavy atom. The molecule has 1 aliphatic carbocycles. The van der Waals surface area contributed by atoms with E-state index in [4.69, 9.17) is 4.74 Å². The van der Waals surface area contributed by atoms with Crippen molar-refractivity contribution in [3.8, 4) is 0 Å². The average Bonchev–Trinajstić information content (AvgIpc) is 3.40. The van der Waals surface area contributed by atoms with Gasteiger partial charge in [-0.3, -0.25) is 9.69 Å². The van der Waals surface area contributed by atoms with Gasteiger partial charge >= 0.3 is 0 Å². The van der Waals surface area contributed by atoms with Crippen molar-refractivity contribution in [2.75, 3.05) is 19.6 Å². The Bertz CT molecular complexity index is 634. The quantitative estimate of drug-likeness (QED) is 0.891. The highest BCUT2D eigenvalue weighted by Crippen LogP contribution is 2.37. The predicted octanol–water partition coefficient (Wildman–Crippen LogP) is 2.87. The van der Waals surface area contributed by atoms with Crippen LogP contribution in [0.4, 0.5) is 4.39 Å². The third kappa shape index (κ3) is 4.04. The zero-order valence-electron chi connectivity index (χ0n) is 14.7. The lowest BCUT2D eigenvalue weighted by molar-refractivity contribution is -0.131. The van der Waals surface area contributed by atoms with E-state index in [1.165, 1.54) is 6.07 Å². The van der Waals surface area contributed by atoms with Gasteiger partial charge in [0.2, 0.25) is 5.91 Å². The van der Waals surface area contributed by atoms with Crippen molar-refractivity contribution in [1.29, 1.82) is 0 Å². The van der Waals surface area contributed by atoms with Crippen LogP contribution in [0.1, 0.15) is 44.1 Å². The number of benzene rings is 1. The van der Waals surface area contributed by atoms with Crippen molar-refractivity contribution in [3.63, 3.8) is 0 Å². The third-order valence-electron chi connectivity index (χ3n) is 5.77. The average molecular weight is 346 g/mol. The minimum absolute atomic E-state index is 0.113. The summed E-state index contributed by atoms with van der Waals surface area (Å²) in [5, 5.41) is 3.05. The number of carbonyl (C=O) groups excluding carboxylic acids is 1. The largest absolute Gasteiger partial charge is 0.369 e. The highest BCUT2D eigenvalue weighted by Gasteiger charge is 2.43. The number of carbonyl (C=O) groups is 1. The van der Waals surface area contributed by atoms with Gasteiger partial charge in [0.15, 0.2) is 0 Å². The van der Waals surface area contributed by atoms with Gasteiger partial charge in [0, 0.05) is 37.7 Å². The summed E-state index contributed by atoms with van der Waals surface area (Å²) >= 11 is 0. The second-order valence-electron chi connectivity index (χ2n) is 7.89. The maximum atomic E-state index is 13.9. The minimum atomic E-state index is -0.131. The lowest BCUT2D eigenvalue weighted by Gasteiger charge is -2.39. The minimum Gasteiger partial charge on any atom is -0.369 e. The topological polar surface area (TPSA) is 41.6 Å². The molecule has 1 saturated carbocycles. The molecule has 136 valence electrons. The molecule has 1 aromatic carbocycles. The van der Waals surface area contributed by atoms with E-state index >= 15 is 0 Å². The van der Waals surface area contributed by atoms with Crippen LogP contribution in [-0.2, 0) is 16.1 Å². The van der Waals surface area contributed by atoms with E-state index in [0.29, 0.717) is 13.1 Å². The van der Waals surface area contributed by atoms with Gasteiger partial charge in [-0.25, -0.2) is 4.39 Å². The second kappa shape index (κ2) is 7.04. The molecule has 3 aliphatic rings. The van der Waals surface area contributed by atoms with Gasteiger partial charge in [0.1, 0.15) is 5.82 Å². The van der Waals surface area contributed by atoms with Crippen molar-refractivity contribution < 1.29 is 13.9 Å². The van der Waals surface area contributed by atoms with Gasteiger partial charge in [-0.1, -0.05) is 18.2 Å². The molecule has 3 fully saturated rings. The molecule has 2 saturated heterocycles. The van der Waals surface area contributed by atoms with Crippen LogP contribution in [0.3, 0.4) is 0 Å². The van der Waals surface area contributed by atoms with Gasteiger partial charge in [0.25, 0.3) is 0 Å². The van der Waals surface area contributed by atoms with Crippen LogP contribution >= 0.6 is 0 Å². The Balaban J connectivity index is 1.31. The van der Waals surface area contributed by atoms with Crippen molar-refractivity contribution >= 4 is 5.91 Å². The van der Waals surface area contributed by atoms with Gasteiger partial charge in [0.05, 0.1) is 11.7 Å². The standard InChI is InChI=1S/C20H27FN2O2/c21-18-6-2-1-4-16(18)13-23-11-10-20(14-23)9-3-5-17(25-20)12-22-19(24)15-7-8-15/h1-2,4,6,15,17H,3,5,7-14H2,(H,22,24)/t17-,20+/m0/s1. The number of nitrogens with zero attached hydrogens (tertiary/aromatic N) is 1. The molecule has 4 rings (SSSR count). The fraction of sp³-hybridized carbons (Fsp3) is 0.650. The highest BCUT2D eigenvalue weighted by molar-refractivity contribution is 5.80. The summed E-state index contributed by atoms with van der Waals surface area (Å²) in [6, 6.07) is 7.00. The molecule has 1 spiro atoms. The fourth-order valence-electron chi connectivity index (χ4n) is 4.20. The number of halogens is 1. The molecule has 2 aliphatic heterocycles. The first kappa shape index (κ1) is 17.0. The Kier molecular flexibility index (Phi) is 4.78. The zero-order chi connectivity index (χ0) is 17.3. The van der Waals surface area contributed by atoms with Crippen molar-refractivity contribution in [3.05, 3.63) is 35.6 Å². The second-order valence-corrected chi connectivity index (χ2v) is 7.89. The first-order valence-corrected chi connectivity index (χ1v) is 9.55. The summed E-state index contributed by atoms with van der Waals surface area (Å²) in [5.74, 6) is 0.310. The molecular weight excluding hydrogens is 319 g/mol. The number of rotatable bonds is 5. The van der Waals surface area contributed by atoms with Crippen LogP contribution in [-0.4, -0.2) is 42.1 Å². The van der Waals surface area contributed by atoms with Gasteiger partial charge in [-0.05, 0) is 44.6 Å². The zero-order valence-corrected chi connectivity index (χ0v) is 14.7. The summed E-state index contributed by atoms with van der Waals surface area (Å²) in [7, 11) is 0. The van der Waals surface area contributed by atoms with Crippen LogP contribution in [0.5, 0.6) is 0 Å². The molecule has 0 radical (unpaired) electrons. The molecule has 5 heteroatoms. The van der Waals surface area contributed by atoms with Crippen LogP contribution in [0.15, 0.2) is 24.3 Å². The molecule has 0 bridgehead atoms. The van der Waals surface area contributed by atoms with E-state index in [-0.39, 0.29) is 29.3 Å². The molecule has 2 atom stereocenters. The Labute approximate surface area is 148 Å². The number of amides is 1. The number of likely N-dealkylation sites (tertiary alicyclic amines) is 1. The van der Waals surface area contributed by atoms with Crippen LogP contribution in [0.25, 0.3) is 0 Å². The lowest BCUT2D eigenvalue weighted by Crippen LogP contribution is -2.47. The third-order valence-corrected chi connectivity index (χ3v) is 5.77. The summed E-state index contributed by atoms with van der Waals surface area (Å²) in [6.07, 6.45) is 6.39. The van der Waals surface area contributed by atoms with E-state index in [1.807, 2.05) is 12.1 Å². The maximum Gasteiger partial charge on any atom is 0.223 e. The lowest BCUT2D eigenvalue weighted by atomic mass is 9.90. The van der Waals surface area contributed by atoms with Crippen molar-refractivity contribution in [1.82, 2.24) is 10.2 Å². The molecular formula is C20H27FN2O2.